The van der Waals surface area contributed by atoms with Crippen LogP contribution < -0.4 is 4.90 Å². The molecule has 0 amide bonds. The Morgan fingerprint density at radius 2 is 0.579 bits per heavy atom. The molecule has 76 heavy (non-hydrogen) atoms. The molecule has 0 saturated heterocycles. The van der Waals surface area contributed by atoms with Crippen molar-refractivity contribution in [2.24, 2.45) is 0 Å². The van der Waals surface area contributed by atoms with Crippen molar-refractivity contribution in [1.82, 2.24) is 0 Å². The topological polar surface area (TPSA) is 3.24 Å². The first kappa shape index (κ1) is 48.4. The molecule has 4 aliphatic carbocycles. The third kappa shape index (κ3) is 6.89. The second-order valence-corrected chi connectivity index (χ2v) is 27.1. The van der Waals surface area contributed by atoms with Gasteiger partial charge in [0.15, 0.2) is 0 Å². The molecule has 1 heteroatoms. The number of hydrogen-bond donors (Lipinski definition) is 0. The minimum atomic E-state index is -0.201. The third-order valence-electron chi connectivity index (χ3n) is 19.0. The van der Waals surface area contributed by atoms with E-state index < -0.39 is 0 Å². The lowest BCUT2D eigenvalue weighted by Crippen LogP contribution is -2.19. The zero-order valence-electron chi connectivity index (χ0n) is 47.6. The summed E-state index contributed by atoms with van der Waals surface area (Å²) in [6.45, 7) is 35.7. The van der Waals surface area contributed by atoms with E-state index in [1.165, 1.54) is 128 Å². The van der Waals surface area contributed by atoms with Gasteiger partial charge in [-0.1, -0.05) is 218 Å². The normalized spacial score (nSPS) is 16.2. The molecule has 0 radical (unpaired) electrons. The van der Waals surface area contributed by atoms with Gasteiger partial charge in [-0.05, 0) is 194 Å². The summed E-state index contributed by atoms with van der Waals surface area (Å²) in [5, 5.41) is 0. The van der Waals surface area contributed by atoms with Crippen molar-refractivity contribution in [3.8, 4) is 66.8 Å². The molecular formula is C75H73N. The van der Waals surface area contributed by atoms with E-state index in [-0.39, 0.29) is 32.5 Å². The number of benzene rings is 9. The van der Waals surface area contributed by atoms with E-state index in [1.807, 2.05) is 0 Å². The van der Waals surface area contributed by atoms with Gasteiger partial charge in [0.05, 0.1) is 0 Å². The lowest BCUT2D eigenvalue weighted by molar-refractivity contribution is 0.584. The summed E-state index contributed by atoms with van der Waals surface area (Å²) in [6, 6.07) is 66.8. The van der Waals surface area contributed by atoms with Crippen molar-refractivity contribution in [3.63, 3.8) is 0 Å². The van der Waals surface area contributed by atoms with E-state index in [0.717, 1.165) is 17.1 Å². The largest absolute Gasteiger partial charge is 0.310 e. The quantitative estimate of drug-likeness (QED) is 0.166. The Balaban J connectivity index is 1.06. The lowest BCUT2D eigenvalue weighted by atomic mass is 9.78. The van der Waals surface area contributed by atoms with E-state index in [2.05, 4.69) is 279 Å². The van der Waals surface area contributed by atoms with Crippen LogP contribution in [0.5, 0.6) is 0 Å². The Bertz CT molecular complexity index is 3710. The van der Waals surface area contributed by atoms with Crippen LogP contribution in [0.15, 0.2) is 170 Å². The van der Waals surface area contributed by atoms with E-state index in [1.54, 1.807) is 0 Å². The number of rotatable bonds is 5. The highest BCUT2D eigenvalue weighted by molar-refractivity contribution is 5.94. The molecule has 0 heterocycles. The first-order valence-electron chi connectivity index (χ1n) is 27.9. The molecule has 0 fully saturated rings. The summed E-state index contributed by atoms with van der Waals surface area (Å²) in [7, 11) is 0. The standard InChI is InChI=1S/C75H73N/c1-44-60(45-24-30-54-52-20-16-18-22-62(52)72(8,9)64(54)36-45)40-51(41-61(44)46-25-31-55-53-21-17-19-23-63(53)73(10,11)65(55)37-46)76(49-28-34-58-56-32-26-47(70(2,3)4)38-66(56)74(12,13)68(58)42-49)50-29-35-59-57-33-27-48(71(5,6)7)39-67(57)75(14,15)69(59)43-50/h16-43H,1-15H3. The van der Waals surface area contributed by atoms with Crippen LogP contribution in [0.3, 0.4) is 0 Å². The van der Waals surface area contributed by atoms with Crippen molar-refractivity contribution in [2.45, 2.75) is 136 Å². The van der Waals surface area contributed by atoms with Crippen molar-refractivity contribution in [3.05, 3.63) is 231 Å². The second kappa shape index (κ2) is 15.9. The fraction of sp³-hybridized carbons (Fsp3) is 0.280. The summed E-state index contributed by atoms with van der Waals surface area (Å²) in [5.74, 6) is 0. The Labute approximate surface area is 453 Å². The van der Waals surface area contributed by atoms with E-state index in [4.69, 9.17) is 0 Å². The third-order valence-corrected chi connectivity index (χ3v) is 19.0. The Kier molecular flexibility index (Phi) is 10.1. The molecule has 0 aliphatic heterocycles. The lowest BCUT2D eigenvalue weighted by Gasteiger charge is -2.31. The van der Waals surface area contributed by atoms with E-state index in [0.29, 0.717) is 0 Å². The van der Waals surface area contributed by atoms with Gasteiger partial charge in [-0.15, -0.1) is 0 Å². The molecule has 0 unspecified atom stereocenters. The van der Waals surface area contributed by atoms with Gasteiger partial charge in [0.1, 0.15) is 0 Å². The Morgan fingerprint density at radius 1 is 0.276 bits per heavy atom. The number of anilines is 3. The monoisotopic (exact) mass is 988 g/mol. The fourth-order valence-electron chi connectivity index (χ4n) is 14.3. The molecule has 0 spiro atoms. The first-order chi connectivity index (χ1) is 35.9. The van der Waals surface area contributed by atoms with Crippen LogP contribution in [0.1, 0.15) is 158 Å². The molecule has 0 bridgehead atoms. The van der Waals surface area contributed by atoms with Gasteiger partial charge in [-0.3, -0.25) is 0 Å². The highest BCUT2D eigenvalue weighted by Gasteiger charge is 2.41. The van der Waals surface area contributed by atoms with Crippen LogP contribution in [0, 0.1) is 6.92 Å². The molecule has 0 atom stereocenters. The summed E-state index contributed by atoms with van der Waals surface area (Å²) in [4.78, 5) is 2.59. The van der Waals surface area contributed by atoms with Gasteiger partial charge in [-0.25, -0.2) is 0 Å². The molecule has 9 aromatic rings. The SMILES string of the molecule is Cc1c(-c2ccc3c(c2)C(C)(C)c2ccccc2-3)cc(N(c2ccc3c(c2)C(C)(C)c2cc(C(C)(C)C)ccc2-3)c2ccc3c(c2)C(C)(C)c2cc(C(C)(C)C)ccc2-3)cc1-c1ccc2c(c1)C(C)(C)c1ccccc1-2. The van der Waals surface area contributed by atoms with Gasteiger partial charge in [0, 0.05) is 38.7 Å². The van der Waals surface area contributed by atoms with E-state index in [9.17, 15) is 0 Å². The second-order valence-electron chi connectivity index (χ2n) is 27.1. The maximum absolute atomic E-state index is 2.59. The van der Waals surface area contributed by atoms with Crippen molar-refractivity contribution < 1.29 is 0 Å². The Hall–Kier alpha value is -7.22. The molecule has 0 aromatic heterocycles. The maximum atomic E-state index is 2.59. The summed E-state index contributed by atoms with van der Waals surface area (Å²) in [6.07, 6.45) is 0. The minimum Gasteiger partial charge on any atom is -0.310 e. The van der Waals surface area contributed by atoms with Crippen LogP contribution in [0.25, 0.3) is 66.8 Å². The smallest absolute Gasteiger partial charge is 0.0474 e. The minimum absolute atomic E-state index is 0.0507. The van der Waals surface area contributed by atoms with Gasteiger partial charge in [-0.2, -0.15) is 0 Å². The number of hydrogen-bond acceptors (Lipinski definition) is 1. The molecular weight excluding hydrogens is 915 g/mol. The van der Waals surface area contributed by atoms with Crippen molar-refractivity contribution in [1.29, 1.82) is 0 Å². The number of fused-ring (bicyclic) bond motifs is 12. The highest BCUT2D eigenvalue weighted by atomic mass is 15.1. The highest BCUT2D eigenvalue weighted by Crippen LogP contribution is 2.57. The number of nitrogens with zero attached hydrogens (tertiary/aromatic N) is 1. The fourth-order valence-corrected chi connectivity index (χ4v) is 14.3. The van der Waals surface area contributed by atoms with Crippen LogP contribution in [-0.2, 0) is 32.5 Å². The van der Waals surface area contributed by atoms with Crippen LogP contribution in [0.2, 0.25) is 0 Å². The first-order valence-corrected chi connectivity index (χ1v) is 27.9. The average molecular weight is 988 g/mol. The molecule has 13 rings (SSSR count). The Morgan fingerprint density at radius 3 is 0.961 bits per heavy atom. The van der Waals surface area contributed by atoms with Crippen molar-refractivity contribution in [2.75, 3.05) is 4.90 Å². The summed E-state index contributed by atoms with van der Waals surface area (Å²) in [5.41, 5.74) is 33.8. The molecule has 0 saturated carbocycles. The predicted octanol–water partition coefficient (Wildman–Crippen LogP) is 20.6. The summed E-state index contributed by atoms with van der Waals surface area (Å²) < 4.78 is 0. The van der Waals surface area contributed by atoms with Crippen LogP contribution in [0.4, 0.5) is 17.1 Å². The molecule has 9 aromatic carbocycles. The van der Waals surface area contributed by atoms with E-state index >= 15 is 0 Å². The van der Waals surface area contributed by atoms with Crippen LogP contribution in [-0.4, -0.2) is 0 Å². The predicted molar refractivity (Wildman–Crippen MR) is 324 cm³/mol. The van der Waals surface area contributed by atoms with Crippen molar-refractivity contribution >= 4 is 17.1 Å². The van der Waals surface area contributed by atoms with Gasteiger partial charge in [0.25, 0.3) is 0 Å². The molecule has 4 aliphatic rings. The summed E-state index contributed by atoms with van der Waals surface area (Å²) >= 11 is 0. The maximum Gasteiger partial charge on any atom is 0.0474 e. The molecule has 1 nitrogen and oxygen atoms in total. The molecule has 378 valence electrons. The van der Waals surface area contributed by atoms with Gasteiger partial charge in [0.2, 0.25) is 0 Å². The zero-order valence-corrected chi connectivity index (χ0v) is 47.6. The average Bonchev–Trinajstić information content (AvgIpc) is 4.00. The molecule has 0 N–H and O–H groups in total. The zero-order chi connectivity index (χ0) is 53.4. The van der Waals surface area contributed by atoms with Gasteiger partial charge < -0.3 is 4.90 Å². The van der Waals surface area contributed by atoms with Gasteiger partial charge >= 0.3 is 0 Å². The van der Waals surface area contributed by atoms with Crippen LogP contribution >= 0.6 is 0 Å².